The van der Waals surface area contributed by atoms with Crippen LogP contribution in [0, 0.1) is 5.41 Å². The molecule has 1 saturated heterocycles. The molecule has 0 aliphatic carbocycles. The monoisotopic (exact) mass is 434 g/mol. The third-order valence-corrected chi connectivity index (χ3v) is 5.43. The lowest BCUT2D eigenvalue weighted by molar-refractivity contribution is -0.0594. The third-order valence-electron chi connectivity index (χ3n) is 4.14. The van der Waals surface area contributed by atoms with Gasteiger partial charge in [-0.3, -0.25) is 23.4 Å². The van der Waals surface area contributed by atoms with E-state index in [1.54, 1.807) is 20.8 Å². The van der Waals surface area contributed by atoms with Gasteiger partial charge in [-0.25, -0.2) is 9.36 Å². The number of H-pyrrole nitrogens is 1. The molecule has 0 saturated carbocycles. The SMILES string of the molecule is COC1C(OP(=O)(O)OC(C)(C)C)[C@@H](CC(C)(C)C)O[C@H]1n1ccc(=O)[nH]c1=O. The minimum absolute atomic E-state index is 0.209. The van der Waals surface area contributed by atoms with Gasteiger partial charge in [0.25, 0.3) is 5.56 Å². The molecule has 1 aliphatic rings. The highest BCUT2D eigenvalue weighted by Gasteiger charge is 2.51. The van der Waals surface area contributed by atoms with Crippen LogP contribution < -0.4 is 11.2 Å². The van der Waals surface area contributed by atoms with Gasteiger partial charge in [-0.2, -0.15) is 0 Å². The summed E-state index contributed by atoms with van der Waals surface area (Å²) in [4.78, 5) is 36.1. The lowest BCUT2D eigenvalue weighted by Gasteiger charge is -2.30. The van der Waals surface area contributed by atoms with Gasteiger partial charge in [0.1, 0.15) is 12.2 Å². The molecule has 2 rings (SSSR count). The Morgan fingerprint density at radius 1 is 1.21 bits per heavy atom. The molecular formula is C18H31N2O8P. The van der Waals surface area contributed by atoms with E-state index in [0.717, 1.165) is 0 Å². The Hall–Kier alpha value is -1.29. The maximum absolute atomic E-state index is 12.6. The minimum Gasteiger partial charge on any atom is -0.374 e. The second-order valence-electron chi connectivity index (χ2n) is 9.29. The highest BCUT2D eigenvalue weighted by Crippen LogP contribution is 2.52. The third kappa shape index (κ3) is 6.60. The summed E-state index contributed by atoms with van der Waals surface area (Å²) in [5.41, 5.74) is -2.35. The number of aromatic amines is 1. The van der Waals surface area contributed by atoms with Crippen LogP contribution in [0.5, 0.6) is 0 Å². The largest absolute Gasteiger partial charge is 0.473 e. The summed E-state index contributed by atoms with van der Waals surface area (Å²) in [5.74, 6) is 0. The molecule has 2 N–H and O–H groups in total. The van der Waals surface area contributed by atoms with Crippen LogP contribution >= 0.6 is 7.82 Å². The average molecular weight is 434 g/mol. The molecule has 1 fully saturated rings. The molecule has 0 radical (unpaired) electrons. The van der Waals surface area contributed by atoms with Crippen molar-refractivity contribution in [3.8, 4) is 0 Å². The van der Waals surface area contributed by atoms with Crippen LogP contribution in [0.3, 0.4) is 0 Å². The van der Waals surface area contributed by atoms with Crippen LogP contribution in [0.25, 0.3) is 0 Å². The van der Waals surface area contributed by atoms with E-state index in [1.165, 1.54) is 23.9 Å². The van der Waals surface area contributed by atoms with Crippen molar-refractivity contribution in [1.29, 1.82) is 0 Å². The molecule has 0 amide bonds. The van der Waals surface area contributed by atoms with Crippen molar-refractivity contribution in [1.82, 2.24) is 9.55 Å². The van der Waals surface area contributed by atoms with Crippen molar-refractivity contribution in [2.24, 2.45) is 5.41 Å². The van der Waals surface area contributed by atoms with E-state index in [9.17, 15) is 19.0 Å². The Bertz CT molecular complexity index is 866. The Morgan fingerprint density at radius 3 is 2.31 bits per heavy atom. The second-order valence-corrected chi connectivity index (χ2v) is 10.6. The topological polar surface area (TPSA) is 129 Å². The number of rotatable bonds is 6. The first-order chi connectivity index (χ1) is 13.1. The fourth-order valence-corrected chi connectivity index (χ4v) is 4.53. The molecule has 3 unspecified atom stereocenters. The first-order valence-electron chi connectivity index (χ1n) is 9.33. The maximum atomic E-state index is 12.6. The summed E-state index contributed by atoms with van der Waals surface area (Å²) >= 11 is 0. The predicted octanol–water partition coefficient (Wildman–Crippen LogP) is 2.19. The summed E-state index contributed by atoms with van der Waals surface area (Å²) in [6.07, 6.45) is -1.75. The van der Waals surface area contributed by atoms with Crippen molar-refractivity contribution < 1.29 is 28.0 Å². The number of methoxy groups -OCH3 is 1. The van der Waals surface area contributed by atoms with Crippen LogP contribution in [-0.2, 0) is 23.1 Å². The molecular weight excluding hydrogens is 403 g/mol. The van der Waals surface area contributed by atoms with Crippen LogP contribution in [0.2, 0.25) is 0 Å². The highest BCUT2D eigenvalue weighted by molar-refractivity contribution is 7.47. The molecule has 1 aromatic rings. The fourth-order valence-electron chi connectivity index (χ4n) is 3.23. The molecule has 1 aliphatic heterocycles. The number of nitrogens with zero attached hydrogens (tertiary/aromatic N) is 1. The number of nitrogens with one attached hydrogen (secondary N) is 1. The Labute approximate surface area is 169 Å². The lowest BCUT2D eigenvalue weighted by atomic mass is 9.87. The molecule has 29 heavy (non-hydrogen) atoms. The predicted molar refractivity (Wildman–Crippen MR) is 106 cm³/mol. The zero-order valence-corrected chi connectivity index (χ0v) is 18.8. The van der Waals surface area contributed by atoms with Gasteiger partial charge in [0.05, 0.1) is 11.7 Å². The van der Waals surface area contributed by atoms with Gasteiger partial charge in [0.2, 0.25) is 0 Å². The van der Waals surface area contributed by atoms with Gasteiger partial charge in [-0.05, 0) is 32.6 Å². The minimum atomic E-state index is -4.46. The molecule has 0 bridgehead atoms. The standard InChI is InChI=1S/C18H31N2O8P/c1-17(2,3)10-11-13(27-29(23,24)28-18(4,5)6)14(25-7)15(26-11)20-9-8-12(21)19-16(20)22/h8-9,11,13-15H,10H2,1-7H3,(H,23,24)(H,19,21,22)/t11-,13?,14?,15-/m1/s1. The number of hydrogen-bond donors (Lipinski definition) is 2. The molecule has 5 atom stereocenters. The molecule has 0 aromatic carbocycles. The normalized spacial score (nSPS) is 27.7. The Balaban J connectivity index is 2.42. The Morgan fingerprint density at radius 2 is 1.83 bits per heavy atom. The Kier molecular flexibility index (Phi) is 6.99. The second kappa shape index (κ2) is 8.45. The molecule has 10 nitrogen and oxygen atoms in total. The summed E-state index contributed by atoms with van der Waals surface area (Å²) in [6, 6.07) is 1.18. The molecule has 1 aromatic heterocycles. The smallest absolute Gasteiger partial charge is 0.374 e. The zero-order valence-electron chi connectivity index (χ0n) is 17.9. The van der Waals surface area contributed by atoms with Crippen molar-refractivity contribution in [3.63, 3.8) is 0 Å². The molecule has 2 heterocycles. The maximum Gasteiger partial charge on any atom is 0.473 e. The molecule has 11 heteroatoms. The first-order valence-corrected chi connectivity index (χ1v) is 10.8. The average Bonchev–Trinajstić information content (AvgIpc) is 2.79. The summed E-state index contributed by atoms with van der Waals surface area (Å²) in [6.45, 7) is 10.9. The van der Waals surface area contributed by atoms with Crippen LogP contribution in [0.1, 0.15) is 54.2 Å². The van der Waals surface area contributed by atoms with Gasteiger partial charge < -0.3 is 14.4 Å². The van der Waals surface area contributed by atoms with E-state index in [-0.39, 0.29) is 5.41 Å². The first kappa shape index (κ1) is 24.0. The molecule has 0 spiro atoms. The summed E-state index contributed by atoms with van der Waals surface area (Å²) in [7, 11) is -3.07. The van der Waals surface area contributed by atoms with Gasteiger partial charge in [-0.15, -0.1) is 0 Å². The van der Waals surface area contributed by atoms with Crippen molar-refractivity contribution >= 4 is 7.82 Å². The van der Waals surface area contributed by atoms with Gasteiger partial charge in [0.15, 0.2) is 6.23 Å². The van der Waals surface area contributed by atoms with E-state index in [4.69, 9.17) is 18.5 Å². The van der Waals surface area contributed by atoms with E-state index >= 15 is 0 Å². The summed E-state index contributed by atoms with van der Waals surface area (Å²) < 4.78 is 36.0. The number of phosphoric acid groups is 1. The van der Waals surface area contributed by atoms with Crippen molar-refractivity contribution in [3.05, 3.63) is 33.1 Å². The van der Waals surface area contributed by atoms with Crippen LogP contribution in [-0.4, -0.2) is 45.5 Å². The number of hydrogen-bond acceptors (Lipinski definition) is 7. The number of phosphoric ester groups is 1. The van der Waals surface area contributed by atoms with E-state index in [2.05, 4.69) is 4.98 Å². The number of ether oxygens (including phenoxy) is 2. The lowest BCUT2D eigenvalue weighted by Crippen LogP contribution is -2.40. The highest BCUT2D eigenvalue weighted by atomic mass is 31.2. The molecule has 166 valence electrons. The fraction of sp³-hybridized carbons (Fsp3) is 0.778. The van der Waals surface area contributed by atoms with Crippen molar-refractivity contribution in [2.75, 3.05) is 7.11 Å². The van der Waals surface area contributed by atoms with Crippen LogP contribution in [0.4, 0.5) is 0 Å². The zero-order chi connectivity index (χ0) is 22.2. The van der Waals surface area contributed by atoms with E-state index < -0.39 is 49.2 Å². The van der Waals surface area contributed by atoms with Gasteiger partial charge in [-0.1, -0.05) is 20.8 Å². The summed E-state index contributed by atoms with van der Waals surface area (Å²) in [5, 5.41) is 0. The van der Waals surface area contributed by atoms with Crippen LogP contribution in [0.15, 0.2) is 21.9 Å². The number of aromatic nitrogens is 2. The van der Waals surface area contributed by atoms with E-state index in [0.29, 0.717) is 6.42 Å². The van der Waals surface area contributed by atoms with Crippen molar-refractivity contribution in [2.45, 2.75) is 78.1 Å². The quantitative estimate of drug-likeness (QED) is 0.652. The van der Waals surface area contributed by atoms with Gasteiger partial charge in [0, 0.05) is 19.4 Å². The van der Waals surface area contributed by atoms with E-state index in [1.807, 2.05) is 20.8 Å². The van der Waals surface area contributed by atoms with Gasteiger partial charge >= 0.3 is 13.5 Å².